The van der Waals surface area contributed by atoms with Crippen molar-refractivity contribution >= 4 is 22.9 Å². The molecule has 1 saturated carbocycles. The lowest BCUT2D eigenvalue weighted by Gasteiger charge is -2.14. The lowest BCUT2D eigenvalue weighted by molar-refractivity contribution is -0.117. The van der Waals surface area contributed by atoms with Crippen molar-refractivity contribution in [2.45, 2.75) is 52.2 Å². The van der Waals surface area contributed by atoms with Crippen LogP contribution in [0.3, 0.4) is 0 Å². The van der Waals surface area contributed by atoms with E-state index in [4.69, 9.17) is 9.72 Å². The molecule has 156 valence electrons. The van der Waals surface area contributed by atoms with E-state index in [9.17, 15) is 4.79 Å². The van der Waals surface area contributed by atoms with Gasteiger partial charge >= 0.3 is 0 Å². The van der Waals surface area contributed by atoms with Crippen LogP contribution in [0.15, 0.2) is 35.7 Å². The zero-order valence-corrected chi connectivity index (χ0v) is 18.3. The van der Waals surface area contributed by atoms with E-state index in [2.05, 4.69) is 41.2 Å². The zero-order valence-electron chi connectivity index (χ0n) is 17.5. The van der Waals surface area contributed by atoms with Crippen molar-refractivity contribution in [2.24, 2.45) is 5.92 Å². The molecule has 5 rings (SSSR count). The van der Waals surface area contributed by atoms with Crippen LogP contribution in [0.2, 0.25) is 0 Å². The summed E-state index contributed by atoms with van der Waals surface area (Å²) in [6.45, 7) is 6.12. The third kappa shape index (κ3) is 3.94. The van der Waals surface area contributed by atoms with Gasteiger partial charge in [0.25, 0.3) is 0 Å². The molecule has 0 radical (unpaired) electrons. The number of rotatable bonds is 6. The van der Waals surface area contributed by atoms with Gasteiger partial charge in [0.05, 0.1) is 11.8 Å². The molecule has 1 N–H and O–H groups in total. The van der Waals surface area contributed by atoms with E-state index in [0.717, 1.165) is 60.8 Å². The second-order valence-corrected chi connectivity index (χ2v) is 9.27. The van der Waals surface area contributed by atoms with Gasteiger partial charge in [-0.05, 0) is 57.7 Å². The van der Waals surface area contributed by atoms with Crippen LogP contribution in [-0.2, 0) is 16.1 Å². The van der Waals surface area contributed by atoms with E-state index >= 15 is 0 Å². The molecule has 0 bridgehead atoms. The standard InChI is InChI=1S/C24H27N3O2S/c1-15-11-21(16(2)27(15)13-20-7-4-10-29-20)22-14-30-24(26-22)18-5-3-6-19(12-18)25-23(28)17-8-9-17/h3,5-6,11-12,14,17,20H,4,7-10,13H2,1-2H3,(H,25,28)/t20-/m0/s1. The molecule has 6 heteroatoms. The highest BCUT2D eigenvalue weighted by atomic mass is 32.1. The Morgan fingerprint density at radius 2 is 2.13 bits per heavy atom. The van der Waals surface area contributed by atoms with Crippen LogP contribution < -0.4 is 5.32 Å². The number of aromatic nitrogens is 2. The Labute approximate surface area is 181 Å². The minimum atomic E-state index is 0.130. The highest BCUT2D eigenvalue weighted by Gasteiger charge is 2.29. The van der Waals surface area contributed by atoms with E-state index in [0.29, 0.717) is 6.10 Å². The Kier molecular flexibility index (Phi) is 5.21. The maximum atomic E-state index is 12.1. The first kappa shape index (κ1) is 19.5. The quantitative estimate of drug-likeness (QED) is 0.578. The number of carbonyl (C=O) groups is 1. The molecule has 1 aliphatic carbocycles. The number of anilines is 1. The summed E-state index contributed by atoms with van der Waals surface area (Å²) >= 11 is 1.64. The molecule has 2 aromatic heterocycles. The molecular weight excluding hydrogens is 394 g/mol. The van der Waals surface area contributed by atoms with Gasteiger partial charge < -0.3 is 14.6 Å². The summed E-state index contributed by atoms with van der Waals surface area (Å²) in [7, 11) is 0. The number of nitrogens with one attached hydrogen (secondary N) is 1. The molecule has 0 unspecified atom stereocenters. The van der Waals surface area contributed by atoms with Crippen LogP contribution in [0.5, 0.6) is 0 Å². The van der Waals surface area contributed by atoms with Gasteiger partial charge in [-0.15, -0.1) is 11.3 Å². The van der Waals surface area contributed by atoms with E-state index in [1.165, 1.54) is 17.0 Å². The Balaban J connectivity index is 1.37. The fraction of sp³-hybridized carbons (Fsp3) is 0.417. The van der Waals surface area contributed by atoms with Crippen molar-refractivity contribution in [1.82, 2.24) is 9.55 Å². The maximum absolute atomic E-state index is 12.1. The van der Waals surface area contributed by atoms with Gasteiger partial charge in [-0.2, -0.15) is 0 Å². The van der Waals surface area contributed by atoms with E-state index < -0.39 is 0 Å². The predicted octanol–water partition coefficient (Wildman–Crippen LogP) is 5.42. The van der Waals surface area contributed by atoms with Crippen LogP contribution in [0, 0.1) is 19.8 Å². The number of aryl methyl sites for hydroxylation is 1. The predicted molar refractivity (Wildman–Crippen MR) is 121 cm³/mol. The summed E-state index contributed by atoms with van der Waals surface area (Å²) < 4.78 is 8.20. The first-order valence-corrected chi connectivity index (χ1v) is 11.6. The second-order valence-electron chi connectivity index (χ2n) is 8.41. The monoisotopic (exact) mass is 421 g/mol. The highest BCUT2D eigenvalue weighted by Crippen LogP contribution is 2.34. The molecule has 1 amide bonds. The van der Waals surface area contributed by atoms with Crippen molar-refractivity contribution in [3.8, 4) is 21.8 Å². The fourth-order valence-corrected chi connectivity index (χ4v) is 5.00. The average molecular weight is 422 g/mol. The van der Waals surface area contributed by atoms with Crippen molar-refractivity contribution in [3.63, 3.8) is 0 Å². The van der Waals surface area contributed by atoms with Gasteiger partial charge in [-0.3, -0.25) is 4.79 Å². The first-order chi connectivity index (χ1) is 14.6. The number of ether oxygens (including phenoxy) is 1. The van der Waals surface area contributed by atoms with Crippen LogP contribution in [0.25, 0.3) is 21.8 Å². The molecule has 3 heterocycles. The van der Waals surface area contributed by atoms with Crippen molar-refractivity contribution in [1.29, 1.82) is 0 Å². The molecule has 1 atom stereocenters. The number of amides is 1. The Morgan fingerprint density at radius 1 is 1.27 bits per heavy atom. The van der Waals surface area contributed by atoms with Crippen molar-refractivity contribution < 1.29 is 9.53 Å². The molecule has 30 heavy (non-hydrogen) atoms. The number of carbonyl (C=O) groups excluding carboxylic acids is 1. The number of nitrogens with zero attached hydrogens (tertiary/aromatic N) is 2. The van der Waals surface area contributed by atoms with Gasteiger partial charge in [0.1, 0.15) is 5.01 Å². The summed E-state index contributed by atoms with van der Waals surface area (Å²) in [5, 5.41) is 6.13. The molecule has 2 fully saturated rings. The topological polar surface area (TPSA) is 56.2 Å². The molecule has 1 saturated heterocycles. The first-order valence-electron chi connectivity index (χ1n) is 10.7. The van der Waals surface area contributed by atoms with Gasteiger partial charge in [0.2, 0.25) is 5.91 Å². The molecule has 1 aliphatic heterocycles. The number of hydrogen-bond acceptors (Lipinski definition) is 4. The lowest BCUT2D eigenvalue weighted by Crippen LogP contribution is -2.16. The largest absolute Gasteiger partial charge is 0.376 e. The third-order valence-electron chi connectivity index (χ3n) is 6.09. The number of hydrogen-bond donors (Lipinski definition) is 1. The van der Waals surface area contributed by atoms with E-state index in [-0.39, 0.29) is 11.8 Å². The molecular formula is C24H27N3O2S. The Morgan fingerprint density at radius 3 is 2.90 bits per heavy atom. The normalized spacial score (nSPS) is 18.7. The Hall–Kier alpha value is -2.44. The summed E-state index contributed by atoms with van der Waals surface area (Å²) in [5.41, 5.74) is 6.56. The molecule has 3 aromatic rings. The minimum Gasteiger partial charge on any atom is -0.376 e. The average Bonchev–Trinajstić information content (AvgIpc) is 3.15. The smallest absolute Gasteiger partial charge is 0.227 e. The van der Waals surface area contributed by atoms with Crippen molar-refractivity contribution in [2.75, 3.05) is 11.9 Å². The molecule has 1 aromatic carbocycles. The molecule has 0 spiro atoms. The SMILES string of the molecule is Cc1cc(-c2csc(-c3cccc(NC(=O)C4CC4)c3)n2)c(C)n1C[C@@H]1CCCO1. The van der Waals surface area contributed by atoms with Crippen LogP contribution in [0.1, 0.15) is 37.1 Å². The van der Waals surface area contributed by atoms with E-state index in [1.54, 1.807) is 11.3 Å². The Bertz CT molecular complexity index is 1070. The van der Waals surface area contributed by atoms with Crippen LogP contribution >= 0.6 is 11.3 Å². The second kappa shape index (κ2) is 8.00. The number of thiazole rings is 1. The summed E-state index contributed by atoms with van der Waals surface area (Å²) in [6, 6.07) is 10.2. The summed E-state index contributed by atoms with van der Waals surface area (Å²) in [5.74, 6) is 0.329. The molecule has 2 aliphatic rings. The minimum absolute atomic E-state index is 0.130. The summed E-state index contributed by atoms with van der Waals surface area (Å²) in [6.07, 6.45) is 4.63. The van der Waals surface area contributed by atoms with Crippen LogP contribution in [-0.4, -0.2) is 28.2 Å². The van der Waals surface area contributed by atoms with Crippen LogP contribution in [0.4, 0.5) is 5.69 Å². The van der Waals surface area contributed by atoms with Gasteiger partial charge in [-0.25, -0.2) is 4.98 Å². The number of benzene rings is 1. The molecule has 5 nitrogen and oxygen atoms in total. The van der Waals surface area contributed by atoms with Crippen molar-refractivity contribution in [3.05, 3.63) is 47.1 Å². The van der Waals surface area contributed by atoms with E-state index in [1.807, 2.05) is 18.2 Å². The highest BCUT2D eigenvalue weighted by molar-refractivity contribution is 7.13. The zero-order chi connectivity index (χ0) is 20.7. The van der Waals surface area contributed by atoms with Gasteiger partial charge in [0.15, 0.2) is 0 Å². The summed E-state index contributed by atoms with van der Waals surface area (Å²) in [4.78, 5) is 17.0. The van der Waals surface area contributed by atoms with Gasteiger partial charge in [0, 0.05) is 52.7 Å². The van der Waals surface area contributed by atoms with Gasteiger partial charge in [-0.1, -0.05) is 12.1 Å². The lowest BCUT2D eigenvalue weighted by atomic mass is 10.2. The maximum Gasteiger partial charge on any atom is 0.227 e. The fourth-order valence-electron chi connectivity index (χ4n) is 4.18. The third-order valence-corrected chi connectivity index (χ3v) is 6.98.